The van der Waals surface area contributed by atoms with Crippen molar-refractivity contribution in [1.82, 2.24) is 4.90 Å². The van der Waals surface area contributed by atoms with Crippen molar-refractivity contribution in [2.24, 2.45) is 0 Å². The van der Waals surface area contributed by atoms with E-state index in [9.17, 15) is 5.11 Å². The maximum Gasteiger partial charge on any atom is 0.120 e. The molecule has 0 radical (unpaired) electrons. The molecule has 0 aliphatic rings. The molecule has 0 heterocycles. The van der Waals surface area contributed by atoms with Gasteiger partial charge in [-0.2, -0.15) is 0 Å². The van der Waals surface area contributed by atoms with Crippen LogP contribution < -0.4 is 4.74 Å². The lowest BCUT2D eigenvalue weighted by Gasteiger charge is -2.27. The minimum atomic E-state index is -0.507. The molecular formula is C26H31NO2. The van der Waals surface area contributed by atoms with Gasteiger partial charge in [0.15, 0.2) is 0 Å². The Balaban J connectivity index is 1.55. The fourth-order valence-corrected chi connectivity index (χ4v) is 3.35. The molecule has 0 aliphatic heterocycles. The van der Waals surface area contributed by atoms with Crippen LogP contribution in [0.2, 0.25) is 0 Å². The van der Waals surface area contributed by atoms with Gasteiger partial charge in [0.2, 0.25) is 0 Å². The SMILES string of the molecule is CC(C)N(CCC(O)c1cccc(OCc2ccccc2)c1)Cc1ccccc1. The van der Waals surface area contributed by atoms with Crippen LogP contribution in [-0.4, -0.2) is 22.6 Å². The largest absolute Gasteiger partial charge is 0.489 e. The van der Waals surface area contributed by atoms with Crippen LogP contribution in [0.1, 0.15) is 43.1 Å². The molecule has 0 aromatic heterocycles. The molecule has 0 spiro atoms. The highest BCUT2D eigenvalue weighted by Gasteiger charge is 2.14. The number of rotatable bonds is 10. The normalized spacial score (nSPS) is 12.3. The third-order valence-corrected chi connectivity index (χ3v) is 5.14. The standard InChI is InChI=1S/C26H31NO2/c1-21(2)27(19-22-10-5-3-6-11-22)17-16-26(28)24-14-9-15-25(18-24)29-20-23-12-7-4-8-13-23/h3-15,18,21,26,28H,16-17,19-20H2,1-2H3. The van der Waals surface area contributed by atoms with Crippen LogP contribution in [0.15, 0.2) is 84.9 Å². The average Bonchev–Trinajstić information content (AvgIpc) is 2.76. The first-order valence-corrected chi connectivity index (χ1v) is 10.3. The van der Waals surface area contributed by atoms with E-state index in [-0.39, 0.29) is 0 Å². The summed E-state index contributed by atoms with van der Waals surface area (Å²) in [6, 6.07) is 28.8. The molecule has 0 aliphatic carbocycles. The molecule has 3 aromatic carbocycles. The molecule has 0 saturated carbocycles. The topological polar surface area (TPSA) is 32.7 Å². The van der Waals surface area contributed by atoms with Crippen molar-refractivity contribution in [2.75, 3.05) is 6.54 Å². The van der Waals surface area contributed by atoms with E-state index in [1.807, 2.05) is 60.7 Å². The number of nitrogens with zero attached hydrogens (tertiary/aromatic N) is 1. The summed E-state index contributed by atoms with van der Waals surface area (Å²) in [6.45, 7) is 6.66. The van der Waals surface area contributed by atoms with Crippen LogP contribution in [0.5, 0.6) is 5.75 Å². The third-order valence-electron chi connectivity index (χ3n) is 5.14. The Morgan fingerprint density at radius 2 is 1.48 bits per heavy atom. The molecule has 3 aromatic rings. The van der Waals surface area contributed by atoms with Crippen molar-refractivity contribution in [3.05, 3.63) is 102 Å². The summed E-state index contributed by atoms with van der Waals surface area (Å²) < 4.78 is 5.90. The quantitative estimate of drug-likeness (QED) is 0.490. The Labute approximate surface area is 174 Å². The van der Waals surface area contributed by atoms with Gasteiger partial charge in [0.25, 0.3) is 0 Å². The van der Waals surface area contributed by atoms with Gasteiger partial charge in [0, 0.05) is 19.1 Å². The number of benzene rings is 3. The van der Waals surface area contributed by atoms with Crippen LogP contribution in [0, 0.1) is 0 Å². The van der Waals surface area contributed by atoms with Gasteiger partial charge >= 0.3 is 0 Å². The van der Waals surface area contributed by atoms with Crippen LogP contribution in [-0.2, 0) is 13.2 Å². The number of hydrogen-bond acceptors (Lipinski definition) is 3. The first kappa shape index (κ1) is 21.1. The fraction of sp³-hybridized carbons (Fsp3) is 0.308. The molecule has 0 saturated heterocycles. The Kier molecular flexibility index (Phi) is 7.85. The second-order valence-electron chi connectivity index (χ2n) is 7.70. The molecular weight excluding hydrogens is 358 g/mol. The highest BCUT2D eigenvalue weighted by Crippen LogP contribution is 2.23. The first-order valence-electron chi connectivity index (χ1n) is 10.3. The van der Waals surface area contributed by atoms with Crippen molar-refractivity contribution >= 4 is 0 Å². The van der Waals surface area contributed by atoms with Gasteiger partial charge in [-0.1, -0.05) is 72.8 Å². The van der Waals surface area contributed by atoms with Gasteiger partial charge in [-0.3, -0.25) is 4.90 Å². The molecule has 0 fully saturated rings. The number of ether oxygens (including phenoxy) is 1. The van der Waals surface area contributed by atoms with Crippen LogP contribution >= 0.6 is 0 Å². The lowest BCUT2D eigenvalue weighted by Crippen LogP contribution is -2.32. The van der Waals surface area contributed by atoms with Gasteiger partial charge in [0.05, 0.1) is 6.10 Å². The lowest BCUT2D eigenvalue weighted by molar-refractivity contribution is 0.126. The maximum absolute atomic E-state index is 10.7. The van der Waals surface area contributed by atoms with Gasteiger partial charge in [0.1, 0.15) is 12.4 Å². The molecule has 3 rings (SSSR count). The molecule has 3 heteroatoms. The molecule has 3 nitrogen and oxygen atoms in total. The minimum absolute atomic E-state index is 0.419. The second-order valence-corrected chi connectivity index (χ2v) is 7.70. The Bertz CT molecular complexity index is 849. The van der Waals surface area contributed by atoms with E-state index in [4.69, 9.17) is 4.74 Å². The summed E-state index contributed by atoms with van der Waals surface area (Å²) in [5, 5.41) is 10.7. The lowest BCUT2D eigenvalue weighted by atomic mass is 10.1. The zero-order valence-electron chi connectivity index (χ0n) is 17.4. The Morgan fingerprint density at radius 1 is 0.828 bits per heavy atom. The summed E-state index contributed by atoms with van der Waals surface area (Å²) in [6.07, 6.45) is 0.181. The molecule has 0 amide bonds. The second kappa shape index (κ2) is 10.8. The number of aliphatic hydroxyl groups excluding tert-OH is 1. The van der Waals surface area contributed by atoms with E-state index in [0.717, 1.165) is 30.0 Å². The zero-order chi connectivity index (χ0) is 20.5. The van der Waals surface area contributed by atoms with Gasteiger partial charge in [-0.25, -0.2) is 0 Å². The Morgan fingerprint density at radius 3 is 2.14 bits per heavy atom. The number of aliphatic hydroxyl groups is 1. The molecule has 1 atom stereocenters. The highest BCUT2D eigenvalue weighted by molar-refractivity contribution is 5.30. The van der Waals surface area contributed by atoms with Gasteiger partial charge < -0.3 is 9.84 Å². The van der Waals surface area contributed by atoms with E-state index < -0.39 is 6.10 Å². The number of hydrogen-bond donors (Lipinski definition) is 1. The maximum atomic E-state index is 10.7. The molecule has 29 heavy (non-hydrogen) atoms. The predicted molar refractivity (Wildman–Crippen MR) is 119 cm³/mol. The molecule has 0 bridgehead atoms. The smallest absolute Gasteiger partial charge is 0.120 e. The summed E-state index contributed by atoms with van der Waals surface area (Å²) in [5.74, 6) is 0.787. The Hall–Kier alpha value is -2.62. The highest BCUT2D eigenvalue weighted by atomic mass is 16.5. The summed E-state index contributed by atoms with van der Waals surface area (Å²) in [7, 11) is 0. The van der Waals surface area contributed by atoms with E-state index in [0.29, 0.717) is 19.1 Å². The van der Waals surface area contributed by atoms with E-state index in [1.165, 1.54) is 5.56 Å². The molecule has 1 unspecified atom stereocenters. The molecule has 1 N–H and O–H groups in total. The summed E-state index contributed by atoms with van der Waals surface area (Å²) in [5.41, 5.74) is 3.33. The van der Waals surface area contributed by atoms with Crippen LogP contribution in [0.4, 0.5) is 0 Å². The zero-order valence-corrected chi connectivity index (χ0v) is 17.4. The van der Waals surface area contributed by atoms with Crippen molar-refractivity contribution in [3.63, 3.8) is 0 Å². The summed E-state index contributed by atoms with van der Waals surface area (Å²) >= 11 is 0. The van der Waals surface area contributed by atoms with E-state index in [2.05, 4.69) is 43.0 Å². The van der Waals surface area contributed by atoms with Crippen molar-refractivity contribution < 1.29 is 9.84 Å². The fourth-order valence-electron chi connectivity index (χ4n) is 3.35. The summed E-state index contributed by atoms with van der Waals surface area (Å²) in [4.78, 5) is 2.40. The van der Waals surface area contributed by atoms with Crippen molar-refractivity contribution in [2.45, 2.75) is 45.6 Å². The van der Waals surface area contributed by atoms with Crippen LogP contribution in [0.3, 0.4) is 0 Å². The van der Waals surface area contributed by atoms with E-state index in [1.54, 1.807) is 0 Å². The monoisotopic (exact) mass is 389 g/mol. The van der Waals surface area contributed by atoms with Gasteiger partial charge in [-0.15, -0.1) is 0 Å². The van der Waals surface area contributed by atoms with Crippen molar-refractivity contribution in [3.8, 4) is 5.75 Å². The third kappa shape index (κ3) is 6.74. The van der Waals surface area contributed by atoms with E-state index >= 15 is 0 Å². The van der Waals surface area contributed by atoms with Crippen LogP contribution in [0.25, 0.3) is 0 Å². The van der Waals surface area contributed by atoms with Crippen molar-refractivity contribution in [1.29, 1.82) is 0 Å². The predicted octanol–water partition coefficient (Wildman–Crippen LogP) is 5.60. The minimum Gasteiger partial charge on any atom is -0.489 e. The van der Waals surface area contributed by atoms with Gasteiger partial charge in [-0.05, 0) is 49.1 Å². The first-order chi connectivity index (χ1) is 14.1. The molecule has 152 valence electrons. The average molecular weight is 390 g/mol.